The second kappa shape index (κ2) is 26.0. The molecule has 0 saturated carbocycles. The maximum atomic E-state index is 13.2. The van der Waals surface area contributed by atoms with Crippen LogP contribution in [-0.4, -0.2) is 61.8 Å². The lowest BCUT2D eigenvalue weighted by molar-refractivity contribution is 0.118. The van der Waals surface area contributed by atoms with Crippen molar-refractivity contribution in [3.8, 4) is 11.5 Å². The largest absolute Gasteiger partial charge is 0.445 e. The van der Waals surface area contributed by atoms with Gasteiger partial charge in [0, 0.05) is 72.6 Å². The number of ether oxygens (including phenoxy) is 4. The second-order valence-corrected chi connectivity index (χ2v) is 26.9. The molecule has 7 aromatic carbocycles. The molecule has 2 heterocycles. The van der Waals surface area contributed by atoms with Crippen molar-refractivity contribution in [1.29, 1.82) is 0 Å². The Morgan fingerprint density at radius 2 is 0.581 bits per heavy atom. The predicted molar refractivity (Wildman–Crippen MR) is 343 cm³/mol. The molecule has 0 spiro atoms. The van der Waals surface area contributed by atoms with Crippen molar-refractivity contribution in [2.45, 2.75) is 154 Å². The van der Waals surface area contributed by atoms with Crippen LogP contribution in [0.3, 0.4) is 0 Å². The van der Waals surface area contributed by atoms with Crippen LogP contribution in [0.15, 0.2) is 170 Å². The number of carbonyl (C=O) groups excluding carboxylic acids is 4. The smallest absolute Gasteiger partial charge is 0.417 e. The molecule has 4 amide bonds. The van der Waals surface area contributed by atoms with Gasteiger partial charge in [0.05, 0.1) is 0 Å². The number of anilines is 4. The average molecular weight is 1160 g/mol. The van der Waals surface area contributed by atoms with Crippen molar-refractivity contribution in [2.75, 3.05) is 34.4 Å². The molecule has 2 saturated heterocycles. The van der Waals surface area contributed by atoms with E-state index in [1.165, 1.54) is 68.8 Å². The topological polar surface area (TPSA) is 177 Å². The van der Waals surface area contributed by atoms with Crippen molar-refractivity contribution < 1.29 is 38.1 Å². The van der Waals surface area contributed by atoms with Gasteiger partial charge in [0.2, 0.25) is 0 Å². The summed E-state index contributed by atoms with van der Waals surface area (Å²) in [4.78, 5) is 52.1. The van der Waals surface area contributed by atoms with Crippen LogP contribution >= 0.6 is 0 Å². The van der Waals surface area contributed by atoms with Gasteiger partial charge in [0.25, 0.3) is 0 Å². The Morgan fingerprint density at radius 1 is 0.349 bits per heavy atom. The number of hydrogen-bond donors (Lipinski definition) is 6. The number of amides is 4. The van der Waals surface area contributed by atoms with Crippen LogP contribution in [0, 0.1) is 0 Å². The molecule has 6 N–H and O–H groups in total. The van der Waals surface area contributed by atoms with Gasteiger partial charge in [-0.1, -0.05) is 180 Å². The molecule has 0 unspecified atom stereocenters. The van der Waals surface area contributed by atoms with Crippen LogP contribution in [0.25, 0.3) is 0 Å². The number of nitrogens with one attached hydrogen (secondary N) is 6. The van der Waals surface area contributed by atoms with E-state index in [1.807, 2.05) is 0 Å². The normalized spacial score (nSPS) is 17.2. The lowest BCUT2D eigenvalue weighted by Crippen LogP contribution is -2.30. The quantitative estimate of drug-likeness (QED) is 0.0614. The van der Waals surface area contributed by atoms with Gasteiger partial charge in [-0.25, -0.2) is 19.2 Å². The first kappa shape index (κ1) is 62.1. The van der Waals surface area contributed by atoms with Crippen molar-refractivity contribution in [1.82, 2.24) is 10.6 Å². The molecule has 0 aromatic heterocycles. The van der Waals surface area contributed by atoms with Crippen LogP contribution in [0.1, 0.15) is 152 Å². The highest BCUT2D eigenvalue weighted by Gasteiger charge is 2.37. The van der Waals surface area contributed by atoms with Gasteiger partial charge in [-0.15, -0.1) is 0 Å². The number of benzene rings is 7. The molecule has 2 fully saturated rings. The summed E-state index contributed by atoms with van der Waals surface area (Å²) in [6, 6.07) is 54.8. The zero-order valence-corrected chi connectivity index (χ0v) is 51.7. The summed E-state index contributed by atoms with van der Waals surface area (Å²) in [5.41, 5.74) is 11.9. The maximum absolute atomic E-state index is 13.2. The molecular formula is C72H84N6O8. The van der Waals surface area contributed by atoms with Gasteiger partial charge >= 0.3 is 24.4 Å². The summed E-state index contributed by atoms with van der Waals surface area (Å²) in [6.07, 6.45) is -2.03. The van der Waals surface area contributed by atoms with Crippen molar-refractivity contribution >= 4 is 47.1 Å². The predicted octanol–water partition coefficient (Wildman–Crippen LogP) is 16.3. The van der Waals surface area contributed by atoms with Crippen LogP contribution in [-0.2, 0) is 31.1 Å². The van der Waals surface area contributed by atoms with Crippen molar-refractivity contribution in [3.05, 3.63) is 214 Å². The minimum atomic E-state index is -0.746. The molecule has 0 radical (unpaired) electrons. The Morgan fingerprint density at radius 3 is 0.814 bits per heavy atom. The van der Waals surface area contributed by atoms with Crippen LogP contribution < -0.4 is 41.4 Å². The van der Waals surface area contributed by atoms with E-state index in [9.17, 15) is 19.2 Å². The molecule has 14 heteroatoms. The Labute approximate surface area is 507 Å². The summed E-state index contributed by atoms with van der Waals surface area (Å²) < 4.78 is 22.8. The van der Waals surface area contributed by atoms with E-state index in [1.54, 1.807) is 48.5 Å². The first-order valence-corrected chi connectivity index (χ1v) is 29.8. The molecule has 14 nitrogen and oxygen atoms in total. The summed E-state index contributed by atoms with van der Waals surface area (Å²) >= 11 is 0. The standard InChI is InChI=1S/C72H84N6O8/c1-69(2,3)49-21-13-45(14-22-49)63(46-15-23-50(24-16-46)70(4,5)6)61-41-59(43-73-61)85-67(81)77-55-33-29-53(30-34-55)75-65(79)83-57-37-39-58(40-38-57)84-66(80)76-54-31-35-56(36-32-54)78-68(82)86-60-42-62(74-44-60)64(47-17-25-51(26-18-47)71(7,8)9)48-19-27-52(28-20-48)72(10,11)12/h13-40,59-64,73-74H,41-44H2,1-12H3,(H,75,79)(H,76,80)(H,77,81)(H,78,82)/t59-,60-,61-,62-/m1/s1. The molecule has 2 aliphatic rings. The molecule has 0 aliphatic carbocycles. The molecule has 7 aromatic rings. The summed E-state index contributed by atoms with van der Waals surface area (Å²) in [7, 11) is 0. The first-order chi connectivity index (χ1) is 40.7. The molecule has 0 bridgehead atoms. The minimum Gasteiger partial charge on any atom is -0.445 e. The van der Waals surface area contributed by atoms with Gasteiger partial charge in [-0.05, 0) is 139 Å². The second-order valence-electron chi connectivity index (χ2n) is 26.9. The van der Waals surface area contributed by atoms with Crippen molar-refractivity contribution in [3.63, 3.8) is 0 Å². The minimum absolute atomic E-state index is 0.0377. The zero-order chi connectivity index (χ0) is 61.6. The third kappa shape index (κ3) is 16.5. The Bertz CT molecular complexity index is 3090. The molecule has 450 valence electrons. The Balaban J connectivity index is 0.696. The fourth-order valence-corrected chi connectivity index (χ4v) is 11.2. The Hall–Kier alpha value is -8.46. The highest BCUT2D eigenvalue weighted by atomic mass is 16.6. The van der Waals surface area contributed by atoms with Gasteiger partial charge in [-0.2, -0.15) is 0 Å². The third-order valence-electron chi connectivity index (χ3n) is 16.1. The fourth-order valence-electron chi connectivity index (χ4n) is 11.2. The average Bonchev–Trinajstić information content (AvgIpc) is 3.63. The summed E-state index contributed by atoms with van der Waals surface area (Å²) in [6.45, 7) is 27.6. The lowest BCUT2D eigenvalue weighted by atomic mass is 9.80. The molecular weight excluding hydrogens is 1080 g/mol. The monoisotopic (exact) mass is 1160 g/mol. The Kier molecular flexibility index (Phi) is 18.8. The summed E-state index contributed by atoms with van der Waals surface area (Å²) in [5, 5.41) is 18.3. The van der Waals surface area contributed by atoms with E-state index >= 15 is 0 Å². The third-order valence-corrected chi connectivity index (χ3v) is 16.1. The summed E-state index contributed by atoms with van der Waals surface area (Å²) in [5.74, 6) is 0.531. The fraction of sp³-hybridized carbons (Fsp3) is 0.361. The first-order valence-electron chi connectivity index (χ1n) is 29.8. The molecule has 9 rings (SSSR count). The van der Waals surface area contributed by atoms with Crippen molar-refractivity contribution in [2.24, 2.45) is 0 Å². The maximum Gasteiger partial charge on any atom is 0.417 e. The van der Waals surface area contributed by atoms with Gasteiger partial charge < -0.3 is 29.6 Å². The van der Waals surface area contributed by atoms with E-state index in [0.29, 0.717) is 48.7 Å². The number of rotatable bonds is 14. The zero-order valence-electron chi connectivity index (χ0n) is 51.7. The number of carbonyl (C=O) groups is 4. The lowest BCUT2D eigenvalue weighted by Gasteiger charge is -2.27. The highest BCUT2D eigenvalue weighted by molar-refractivity contribution is 5.89. The van der Waals surface area contributed by atoms with Crippen LogP contribution in [0.2, 0.25) is 0 Å². The molecule has 4 atom stereocenters. The van der Waals surface area contributed by atoms with Gasteiger partial charge in [0.1, 0.15) is 23.7 Å². The molecule has 2 aliphatic heterocycles. The van der Waals surface area contributed by atoms with Crippen LogP contribution in [0.5, 0.6) is 11.5 Å². The van der Waals surface area contributed by atoms with E-state index in [-0.39, 0.29) is 69.3 Å². The van der Waals surface area contributed by atoms with Gasteiger partial charge in [-0.3, -0.25) is 21.3 Å². The van der Waals surface area contributed by atoms with Crippen LogP contribution in [0.4, 0.5) is 41.9 Å². The van der Waals surface area contributed by atoms with Gasteiger partial charge in [0.15, 0.2) is 0 Å². The van der Waals surface area contributed by atoms with E-state index < -0.39 is 24.4 Å². The molecule has 86 heavy (non-hydrogen) atoms. The van der Waals surface area contributed by atoms with E-state index in [0.717, 1.165) is 0 Å². The van der Waals surface area contributed by atoms with E-state index in [4.69, 9.17) is 18.9 Å². The van der Waals surface area contributed by atoms with E-state index in [2.05, 4.69) is 212 Å². The SMILES string of the molecule is CC(C)(C)c1ccc(C(c2ccc(C(C)(C)C)cc2)[C@H]2C[C@@H](OC(=O)Nc3ccc(NC(=O)Oc4ccc(OC(=O)Nc5ccc(NC(=O)O[C@H]6CN[C@@H](C(c7ccc(C(C)(C)C)cc7)c7ccc(C(C)(C)C)cc7)C6)cc5)cc4)cc3)CN2)cc1. The highest BCUT2D eigenvalue weighted by Crippen LogP contribution is 2.38. The number of hydrogen-bond acceptors (Lipinski definition) is 10.